The first-order valence-electron chi connectivity index (χ1n) is 11.2. The summed E-state index contributed by atoms with van der Waals surface area (Å²) in [6, 6.07) is 5.46. The Morgan fingerprint density at radius 2 is 1.88 bits per heavy atom. The molecule has 0 aliphatic carbocycles. The predicted molar refractivity (Wildman–Crippen MR) is 130 cm³/mol. The minimum absolute atomic E-state index is 0.0867. The number of nitrogens with one attached hydrogen (secondary N) is 3. The summed E-state index contributed by atoms with van der Waals surface area (Å²) >= 11 is 0. The number of carbonyl (C=O) groups excluding carboxylic acids is 2. The van der Waals surface area contributed by atoms with Gasteiger partial charge in [0.05, 0.1) is 47.3 Å². The van der Waals surface area contributed by atoms with Crippen LogP contribution in [-0.2, 0) is 11.8 Å². The molecule has 10 nitrogen and oxygen atoms in total. The number of aromatic nitrogens is 5. The SMILES string of the molecule is Cc1ncc(NC(=O)CN2CCCC2)cc1NC(=O)c1cnc2[nH]c(-c3cnn(C)c3)cc2c1. The number of hydrogen-bond donors (Lipinski definition) is 3. The van der Waals surface area contributed by atoms with E-state index in [-0.39, 0.29) is 11.8 Å². The van der Waals surface area contributed by atoms with Gasteiger partial charge in [0, 0.05) is 30.4 Å². The molecule has 1 saturated heterocycles. The first kappa shape index (κ1) is 21.8. The molecule has 5 heterocycles. The number of pyridine rings is 2. The number of nitrogens with zero attached hydrogens (tertiary/aromatic N) is 5. The molecule has 4 aromatic heterocycles. The Morgan fingerprint density at radius 1 is 1.06 bits per heavy atom. The van der Waals surface area contributed by atoms with Crippen molar-refractivity contribution < 1.29 is 9.59 Å². The zero-order chi connectivity index (χ0) is 23.7. The fraction of sp³-hybridized carbons (Fsp3) is 0.292. The monoisotopic (exact) mass is 458 g/mol. The molecule has 0 saturated carbocycles. The van der Waals surface area contributed by atoms with Gasteiger partial charge in [0.15, 0.2) is 0 Å². The van der Waals surface area contributed by atoms with Crippen LogP contribution in [-0.4, -0.2) is 61.1 Å². The lowest BCUT2D eigenvalue weighted by Crippen LogP contribution is -2.30. The van der Waals surface area contributed by atoms with Gasteiger partial charge in [0.25, 0.3) is 5.91 Å². The van der Waals surface area contributed by atoms with E-state index in [1.807, 2.05) is 19.3 Å². The van der Waals surface area contributed by atoms with Crippen molar-refractivity contribution in [3.63, 3.8) is 0 Å². The van der Waals surface area contributed by atoms with Crippen LogP contribution in [0, 0.1) is 6.92 Å². The quantitative estimate of drug-likeness (QED) is 0.409. The number of likely N-dealkylation sites (tertiary alicyclic amines) is 1. The average molecular weight is 459 g/mol. The van der Waals surface area contributed by atoms with Gasteiger partial charge in [-0.05, 0) is 51.1 Å². The number of anilines is 2. The molecule has 1 aliphatic heterocycles. The normalized spacial score (nSPS) is 13.9. The van der Waals surface area contributed by atoms with Crippen LogP contribution in [0.15, 0.2) is 43.0 Å². The maximum atomic E-state index is 13.0. The average Bonchev–Trinajstić information content (AvgIpc) is 3.56. The van der Waals surface area contributed by atoms with Crippen LogP contribution in [0.5, 0.6) is 0 Å². The first-order valence-corrected chi connectivity index (χ1v) is 11.2. The van der Waals surface area contributed by atoms with E-state index in [1.54, 1.807) is 36.1 Å². The fourth-order valence-electron chi connectivity index (χ4n) is 4.12. The lowest BCUT2D eigenvalue weighted by molar-refractivity contribution is -0.117. The molecule has 1 aliphatic rings. The topological polar surface area (TPSA) is 121 Å². The Hall–Kier alpha value is -4.05. The molecule has 2 amide bonds. The van der Waals surface area contributed by atoms with Gasteiger partial charge in [0.1, 0.15) is 5.65 Å². The zero-order valence-electron chi connectivity index (χ0n) is 19.1. The highest BCUT2D eigenvalue weighted by Crippen LogP contribution is 2.24. The Bertz CT molecular complexity index is 1370. The maximum Gasteiger partial charge on any atom is 0.257 e. The number of H-pyrrole nitrogens is 1. The van der Waals surface area contributed by atoms with Crippen LogP contribution in [0.4, 0.5) is 11.4 Å². The molecule has 5 rings (SSSR count). The second kappa shape index (κ2) is 9.06. The van der Waals surface area contributed by atoms with E-state index >= 15 is 0 Å². The third kappa shape index (κ3) is 4.67. The van der Waals surface area contributed by atoms with Gasteiger partial charge in [0.2, 0.25) is 5.91 Å². The number of amides is 2. The second-order valence-electron chi connectivity index (χ2n) is 8.59. The Kier molecular flexibility index (Phi) is 5.81. The number of carbonyl (C=O) groups is 2. The number of rotatable bonds is 6. The van der Waals surface area contributed by atoms with E-state index in [0.29, 0.717) is 34.8 Å². The molecule has 10 heteroatoms. The smallest absolute Gasteiger partial charge is 0.257 e. The Morgan fingerprint density at radius 3 is 2.65 bits per heavy atom. The summed E-state index contributed by atoms with van der Waals surface area (Å²) in [6.07, 6.45) is 9.06. The number of fused-ring (bicyclic) bond motifs is 1. The third-order valence-electron chi connectivity index (χ3n) is 5.93. The molecule has 174 valence electrons. The van der Waals surface area contributed by atoms with E-state index < -0.39 is 0 Å². The number of aromatic amines is 1. The van der Waals surface area contributed by atoms with Gasteiger partial charge < -0.3 is 15.6 Å². The van der Waals surface area contributed by atoms with E-state index in [9.17, 15) is 9.59 Å². The molecule has 34 heavy (non-hydrogen) atoms. The van der Waals surface area contributed by atoms with Crippen LogP contribution < -0.4 is 10.6 Å². The van der Waals surface area contributed by atoms with Crippen molar-refractivity contribution in [2.75, 3.05) is 30.3 Å². The summed E-state index contributed by atoms with van der Waals surface area (Å²) in [5.41, 5.74) is 4.67. The van der Waals surface area contributed by atoms with Gasteiger partial charge in [-0.3, -0.25) is 24.2 Å². The molecule has 4 aromatic rings. The highest BCUT2D eigenvalue weighted by molar-refractivity contribution is 6.06. The van der Waals surface area contributed by atoms with Crippen molar-refractivity contribution >= 4 is 34.2 Å². The summed E-state index contributed by atoms with van der Waals surface area (Å²) in [6.45, 7) is 4.06. The summed E-state index contributed by atoms with van der Waals surface area (Å²) in [4.78, 5) is 39.4. The van der Waals surface area contributed by atoms with Crippen molar-refractivity contribution in [1.82, 2.24) is 29.6 Å². The molecule has 0 atom stereocenters. The van der Waals surface area contributed by atoms with Crippen LogP contribution >= 0.6 is 0 Å². The highest BCUT2D eigenvalue weighted by atomic mass is 16.2. The van der Waals surface area contributed by atoms with Crippen molar-refractivity contribution in [3.05, 3.63) is 54.2 Å². The molecule has 0 unspecified atom stereocenters. The van der Waals surface area contributed by atoms with Crippen molar-refractivity contribution in [1.29, 1.82) is 0 Å². The number of aryl methyl sites for hydroxylation is 2. The lowest BCUT2D eigenvalue weighted by Gasteiger charge is -2.15. The van der Waals surface area contributed by atoms with Crippen LogP contribution in [0.2, 0.25) is 0 Å². The van der Waals surface area contributed by atoms with Gasteiger partial charge >= 0.3 is 0 Å². The van der Waals surface area contributed by atoms with E-state index in [2.05, 4.69) is 35.6 Å². The third-order valence-corrected chi connectivity index (χ3v) is 5.93. The van der Waals surface area contributed by atoms with Crippen molar-refractivity contribution in [2.24, 2.45) is 7.05 Å². The van der Waals surface area contributed by atoms with Gasteiger partial charge in [-0.2, -0.15) is 5.10 Å². The zero-order valence-corrected chi connectivity index (χ0v) is 19.1. The summed E-state index contributed by atoms with van der Waals surface area (Å²) in [7, 11) is 1.86. The van der Waals surface area contributed by atoms with Crippen molar-refractivity contribution in [3.8, 4) is 11.3 Å². The first-order chi connectivity index (χ1) is 16.4. The minimum Gasteiger partial charge on any atom is -0.339 e. The molecular formula is C24H26N8O2. The molecule has 0 spiro atoms. The standard InChI is InChI=1S/C24H26N8O2/c1-15-20(9-19(12-25-15)28-22(33)14-32-5-3-4-6-32)30-24(34)17-7-16-8-21(29-23(16)26-10-17)18-11-27-31(2)13-18/h7-13H,3-6,14H2,1-2H3,(H,26,29)(H,28,33)(H,30,34). The molecule has 0 radical (unpaired) electrons. The van der Waals surface area contributed by atoms with Crippen LogP contribution in [0.3, 0.4) is 0 Å². The predicted octanol–water partition coefficient (Wildman–Crippen LogP) is 2.95. The summed E-state index contributed by atoms with van der Waals surface area (Å²) in [5.74, 6) is -0.389. The van der Waals surface area contributed by atoms with Crippen LogP contribution in [0.1, 0.15) is 28.9 Å². The van der Waals surface area contributed by atoms with E-state index in [1.165, 1.54) is 6.20 Å². The van der Waals surface area contributed by atoms with E-state index in [4.69, 9.17) is 0 Å². The molecule has 0 aromatic carbocycles. The van der Waals surface area contributed by atoms with Gasteiger partial charge in [-0.15, -0.1) is 0 Å². The Balaban J connectivity index is 1.30. The molecule has 0 bridgehead atoms. The second-order valence-corrected chi connectivity index (χ2v) is 8.59. The van der Waals surface area contributed by atoms with Crippen molar-refractivity contribution in [2.45, 2.75) is 19.8 Å². The molecule has 1 fully saturated rings. The number of hydrogen-bond acceptors (Lipinski definition) is 6. The maximum absolute atomic E-state index is 13.0. The van der Waals surface area contributed by atoms with Gasteiger partial charge in [-0.25, -0.2) is 4.98 Å². The molecule has 3 N–H and O–H groups in total. The highest BCUT2D eigenvalue weighted by Gasteiger charge is 2.16. The lowest BCUT2D eigenvalue weighted by atomic mass is 10.2. The minimum atomic E-state index is -0.302. The summed E-state index contributed by atoms with van der Waals surface area (Å²) in [5, 5.41) is 10.8. The Labute approximate surface area is 196 Å². The largest absolute Gasteiger partial charge is 0.339 e. The fourth-order valence-corrected chi connectivity index (χ4v) is 4.12. The van der Waals surface area contributed by atoms with Gasteiger partial charge in [-0.1, -0.05) is 0 Å². The molecular weight excluding hydrogens is 432 g/mol. The van der Waals surface area contributed by atoms with Crippen LogP contribution in [0.25, 0.3) is 22.3 Å². The summed E-state index contributed by atoms with van der Waals surface area (Å²) < 4.78 is 1.73. The van der Waals surface area contributed by atoms with E-state index in [0.717, 1.165) is 42.6 Å².